The molecule has 1 saturated heterocycles. The van der Waals surface area contributed by atoms with Crippen molar-refractivity contribution in [1.29, 1.82) is 0 Å². The third-order valence-electron chi connectivity index (χ3n) is 4.88. The Bertz CT molecular complexity index is 1150. The molecular weight excluding hydrogens is 468 g/mol. The topological polar surface area (TPSA) is 124 Å². The molecule has 1 atom stereocenters. The fraction of sp³-hybridized carbons (Fsp3) is 0.333. The van der Waals surface area contributed by atoms with E-state index in [2.05, 4.69) is 20.0 Å². The van der Waals surface area contributed by atoms with Gasteiger partial charge in [-0.2, -0.15) is 0 Å². The van der Waals surface area contributed by atoms with Crippen LogP contribution in [-0.2, 0) is 14.8 Å². The minimum Gasteiger partial charge on any atom is -0.362 e. The van der Waals surface area contributed by atoms with Crippen molar-refractivity contribution in [2.45, 2.75) is 18.9 Å². The highest BCUT2D eigenvalue weighted by Crippen LogP contribution is 2.21. The summed E-state index contributed by atoms with van der Waals surface area (Å²) >= 11 is 5.76. The summed E-state index contributed by atoms with van der Waals surface area (Å²) in [6.07, 6.45) is 3.72. The van der Waals surface area contributed by atoms with E-state index in [0.717, 1.165) is 6.26 Å². The highest BCUT2D eigenvalue weighted by atomic mass is 35.5. The van der Waals surface area contributed by atoms with E-state index in [4.69, 9.17) is 11.6 Å². The summed E-state index contributed by atoms with van der Waals surface area (Å²) in [5.74, 6) is -0.0204. The van der Waals surface area contributed by atoms with Crippen LogP contribution >= 0.6 is 11.6 Å². The summed E-state index contributed by atoms with van der Waals surface area (Å²) < 4.78 is 26.9. The molecule has 0 aliphatic carbocycles. The summed E-state index contributed by atoms with van der Waals surface area (Å²) in [7, 11) is -0.185. The van der Waals surface area contributed by atoms with Crippen molar-refractivity contribution >= 4 is 50.8 Å². The molecule has 1 aliphatic heterocycles. The van der Waals surface area contributed by atoms with E-state index in [1.165, 1.54) is 11.1 Å². The maximum atomic E-state index is 12.9. The quantitative estimate of drug-likeness (QED) is 0.375. The Morgan fingerprint density at radius 3 is 2.36 bits per heavy atom. The molecule has 1 fully saturated rings. The summed E-state index contributed by atoms with van der Waals surface area (Å²) in [5, 5.41) is 5.87. The van der Waals surface area contributed by atoms with Gasteiger partial charge in [0.1, 0.15) is 17.0 Å². The molecule has 1 aliphatic rings. The maximum absolute atomic E-state index is 12.9. The van der Waals surface area contributed by atoms with Gasteiger partial charge in [-0.15, -0.1) is 4.40 Å². The maximum Gasteiger partial charge on any atom is 0.322 e. The normalized spacial score (nSPS) is 16.4. The van der Waals surface area contributed by atoms with Gasteiger partial charge in [0.05, 0.1) is 18.1 Å². The van der Waals surface area contributed by atoms with Crippen molar-refractivity contribution in [3.05, 3.63) is 53.3 Å². The Morgan fingerprint density at radius 1 is 1.12 bits per heavy atom. The molecule has 0 saturated carbocycles. The van der Waals surface area contributed by atoms with Crippen molar-refractivity contribution in [3.63, 3.8) is 0 Å². The number of carbonyl (C=O) groups is 2. The molecule has 2 heterocycles. The van der Waals surface area contributed by atoms with Gasteiger partial charge in [0.15, 0.2) is 0 Å². The van der Waals surface area contributed by atoms with Crippen LogP contribution in [0.1, 0.15) is 18.4 Å². The lowest BCUT2D eigenvalue weighted by Gasteiger charge is -2.24. The lowest BCUT2D eigenvalue weighted by Crippen LogP contribution is -2.45. The number of amides is 3. The number of urea groups is 1. The molecule has 2 aromatic rings. The summed E-state index contributed by atoms with van der Waals surface area (Å²) in [5.41, 5.74) is 1.59. The second kappa shape index (κ2) is 10.2. The number of amidine groups is 1. The average molecular weight is 493 g/mol. The van der Waals surface area contributed by atoms with Crippen molar-refractivity contribution < 1.29 is 18.0 Å². The Balaban J connectivity index is 1.68. The monoisotopic (exact) mass is 492 g/mol. The van der Waals surface area contributed by atoms with E-state index >= 15 is 0 Å². The average Bonchev–Trinajstić information content (AvgIpc) is 3.24. The molecule has 0 radical (unpaired) electrons. The number of benzene rings is 1. The van der Waals surface area contributed by atoms with Crippen LogP contribution in [0.3, 0.4) is 0 Å². The third kappa shape index (κ3) is 6.65. The van der Waals surface area contributed by atoms with Crippen LogP contribution in [0.15, 0.2) is 47.0 Å². The van der Waals surface area contributed by atoms with Gasteiger partial charge in [-0.1, -0.05) is 11.6 Å². The first kappa shape index (κ1) is 24.5. The molecule has 2 N–H and O–H groups in total. The zero-order chi connectivity index (χ0) is 24.2. The van der Waals surface area contributed by atoms with Crippen LogP contribution < -0.4 is 10.6 Å². The Kier molecular flexibility index (Phi) is 7.54. The molecule has 1 aromatic carbocycles. The van der Waals surface area contributed by atoms with Crippen LogP contribution in [0, 0.1) is 0 Å². The van der Waals surface area contributed by atoms with Gasteiger partial charge in [-0.25, -0.2) is 18.2 Å². The van der Waals surface area contributed by atoms with Gasteiger partial charge in [0.25, 0.3) is 10.0 Å². The van der Waals surface area contributed by atoms with Gasteiger partial charge < -0.3 is 20.4 Å². The van der Waals surface area contributed by atoms with Crippen LogP contribution in [0.25, 0.3) is 0 Å². The first-order valence-corrected chi connectivity index (χ1v) is 12.3. The zero-order valence-corrected chi connectivity index (χ0v) is 20.0. The first-order valence-electron chi connectivity index (χ1n) is 10.1. The zero-order valence-electron chi connectivity index (χ0n) is 18.4. The largest absolute Gasteiger partial charge is 0.362 e. The number of hydrogen-bond acceptors (Lipinski definition) is 5. The van der Waals surface area contributed by atoms with E-state index < -0.39 is 16.1 Å². The Hall–Kier alpha value is -3.18. The summed E-state index contributed by atoms with van der Waals surface area (Å²) in [6, 6.07) is 8.86. The van der Waals surface area contributed by atoms with Gasteiger partial charge in [-0.05, 0) is 49.2 Å². The molecule has 12 heteroatoms. The molecule has 10 nitrogen and oxygen atoms in total. The molecule has 3 rings (SSSR count). The molecule has 0 unspecified atom stereocenters. The number of likely N-dealkylation sites (tertiary alicyclic amines) is 1. The molecule has 1 aromatic heterocycles. The van der Waals surface area contributed by atoms with E-state index in [1.807, 2.05) is 0 Å². The van der Waals surface area contributed by atoms with Gasteiger partial charge >= 0.3 is 6.03 Å². The molecule has 0 spiro atoms. The predicted molar refractivity (Wildman–Crippen MR) is 128 cm³/mol. The minimum absolute atomic E-state index is 0.283. The van der Waals surface area contributed by atoms with E-state index in [-0.39, 0.29) is 17.8 Å². The van der Waals surface area contributed by atoms with Crippen LogP contribution in [0.2, 0.25) is 5.15 Å². The number of rotatable bonds is 5. The smallest absolute Gasteiger partial charge is 0.322 e. The SMILES string of the molecule is CN(C)/C(=N/S(C)(=O)=O)c1ccc(NC(=O)[C@H]2CCCN2C(=O)Nc2ccc(Cl)nc2)cc1. The highest BCUT2D eigenvalue weighted by Gasteiger charge is 2.34. The van der Waals surface area contributed by atoms with Crippen LogP contribution in [0.5, 0.6) is 0 Å². The van der Waals surface area contributed by atoms with Crippen molar-refractivity contribution in [1.82, 2.24) is 14.8 Å². The lowest BCUT2D eigenvalue weighted by molar-refractivity contribution is -0.119. The molecule has 3 amide bonds. The van der Waals surface area contributed by atoms with Gasteiger partial charge in [0, 0.05) is 31.9 Å². The molecule has 176 valence electrons. The Morgan fingerprint density at radius 2 is 1.79 bits per heavy atom. The fourth-order valence-corrected chi connectivity index (χ4v) is 4.10. The number of halogens is 1. The second-order valence-electron chi connectivity index (χ2n) is 7.76. The van der Waals surface area contributed by atoms with Crippen molar-refractivity contribution in [2.24, 2.45) is 4.40 Å². The van der Waals surface area contributed by atoms with Gasteiger partial charge in [-0.3, -0.25) is 4.79 Å². The van der Waals surface area contributed by atoms with Crippen LogP contribution in [-0.4, -0.2) is 73.9 Å². The summed E-state index contributed by atoms with van der Waals surface area (Å²) in [4.78, 5) is 32.6. The van der Waals surface area contributed by atoms with Gasteiger partial charge in [0.2, 0.25) is 5.91 Å². The van der Waals surface area contributed by atoms with Crippen molar-refractivity contribution in [3.8, 4) is 0 Å². The molecular formula is C21H25ClN6O4S. The van der Waals surface area contributed by atoms with Crippen molar-refractivity contribution in [2.75, 3.05) is 37.5 Å². The second-order valence-corrected chi connectivity index (χ2v) is 9.80. The number of pyridine rings is 1. The number of aromatic nitrogens is 1. The minimum atomic E-state index is -3.57. The number of sulfonamides is 1. The standard InChI is InChI=1S/C21H25ClN6O4S/c1-27(2)19(26-33(3,31)32)14-6-8-15(9-7-14)24-20(29)17-5-4-12-28(17)21(30)25-16-10-11-18(22)23-13-16/h6-11,13,17H,4-5,12H2,1-3H3,(H,24,29)(H,25,30)/b26-19+/t17-/m1/s1. The molecule has 33 heavy (non-hydrogen) atoms. The number of hydrogen-bond donors (Lipinski definition) is 2. The molecule has 0 bridgehead atoms. The third-order valence-corrected chi connectivity index (χ3v) is 5.61. The lowest BCUT2D eigenvalue weighted by atomic mass is 10.1. The van der Waals surface area contributed by atoms with Crippen LogP contribution in [0.4, 0.5) is 16.2 Å². The number of carbonyl (C=O) groups excluding carboxylic acids is 2. The number of nitrogens with zero attached hydrogens (tertiary/aromatic N) is 4. The predicted octanol–water partition coefficient (Wildman–Crippen LogP) is 2.64. The highest BCUT2D eigenvalue weighted by molar-refractivity contribution is 7.89. The fourth-order valence-electron chi connectivity index (χ4n) is 3.41. The summed E-state index contributed by atoms with van der Waals surface area (Å²) in [6.45, 7) is 0.456. The number of anilines is 2. The van der Waals surface area contributed by atoms with E-state index in [0.29, 0.717) is 41.5 Å². The Labute approximate surface area is 197 Å². The van der Waals surface area contributed by atoms with E-state index in [1.54, 1.807) is 55.4 Å². The van der Waals surface area contributed by atoms with E-state index in [9.17, 15) is 18.0 Å². The first-order chi connectivity index (χ1) is 15.5. The number of nitrogens with one attached hydrogen (secondary N) is 2.